The molecule has 1 amide bonds. The van der Waals surface area contributed by atoms with Crippen LogP contribution in [0.3, 0.4) is 0 Å². The topological polar surface area (TPSA) is 29.1 Å². The van der Waals surface area contributed by atoms with Gasteiger partial charge in [-0.15, -0.1) is 11.8 Å². The zero-order valence-corrected chi connectivity index (χ0v) is 14.4. The van der Waals surface area contributed by atoms with Crippen molar-refractivity contribution in [1.29, 1.82) is 0 Å². The van der Waals surface area contributed by atoms with E-state index < -0.39 is 0 Å². The lowest BCUT2D eigenvalue weighted by atomic mass is 10.0. The molecule has 0 unspecified atom stereocenters. The van der Waals surface area contributed by atoms with Crippen LogP contribution in [-0.4, -0.2) is 11.2 Å². The van der Waals surface area contributed by atoms with Crippen molar-refractivity contribution in [2.75, 3.05) is 0 Å². The Labute approximate surface area is 137 Å². The second kappa shape index (κ2) is 7.50. The maximum Gasteiger partial charge on any atom is 0.233 e. The van der Waals surface area contributed by atoms with E-state index in [1.807, 2.05) is 44.2 Å². The van der Waals surface area contributed by atoms with E-state index in [4.69, 9.17) is 0 Å². The maximum absolute atomic E-state index is 12.4. The van der Waals surface area contributed by atoms with Gasteiger partial charge in [-0.2, -0.15) is 0 Å². The number of benzene rings is 2. The van der Waals surface area contributed by atoms with E-state index in [1.54, 1.807) is 11.8 Å². The summed E-state index contributed by atoms with van der Waals surface area (Å²) in [5.74, 6) is 0.0691. The molecule has 0 aromatic heterocycles. The molecule has 2 aromatic rings. The Hall–Kier alpha value is -1.74. The van der Waals surface area contributed by atoms with E-state index in [0.717, 1.165) is 10.5 Å². The molecule has 2 atom stereocenters. The molecule has 0 radical (unpaired) electrons. The number of nitrogens with one attached hydrogen (secondary N) is 1. The molecule has 2 aromatic carbocycles. The highest BCUT2D eigenvalue weighted by atomic mass is 32.2. The van der Waals surface area contributed by atoms with E-state index >= 15 is 0 Å². The summed E-state index contributed by atoms with van der Waals surface area (Å²) in [7, 11) is 0. The van der Waals surface area contributed by atoms with Gasteiger partial charge >= 0.3 is 0 Å². The first-order chi connectivity index (χ1) is 10.5. The van der Waals surface area contributed by atoms with Gasteiger partial charge in [0.05, 0.1) is 11.3 Å². The van der Waals surface area contributed by atoms with Crippen molar-refractivity contribution in [2.24, 2.45) is 0 Å². The van der Waals surface area contributed by atoms with Crippen LogP contribution in [0.25, 0.3) is 0 Å². The second-order valence-electron chi connectivity index (χ2n) is 5.65. The van der Waals surface area contributed by atoms with Crippen molar-refractivity contribution >= 4 is 17.7 Å². The minimum Gasteiger partial charge on any atom is -0.349 e. The lowest BCUT2D eigenvalue weighted by molar-refractivity contribution is -0.120. The van der Waals surface area contributed by atoms with E-state index in [1.165, 1.54) is 11.1 Å². The van der Waals surface area contributed by atoms with Gasteiger partial charge in [-0.3, -0.25) is 4.79 Å². The highest BCUT2D eigenvalue weighted by Gasteiger charge is 2.17. The van der Waals surface area contributed by atoms with E-state index in [-0.39, 0.29) is 17.2 Å². The van der Waals surface area contributed by atoms with Crippen LogP contribution in [0.5, 0.6) is 0 Å². The molecular formula is C19H23NOS. The molecule has 0 saturated heterocycles. The van der Waals surface area contributed by atoms with Crippen LogP contribution in [0.2, 0.25) is 0 Å². The summed E-state index contributed by atoms with van der Waals surface area (Å²) in [5, 5.41) is 2.99. The fourth-order valence-corrected chi connectivity index (χ4v) is 3.10. The fraction of sp³-hybridized carbons (Fsp3) is 0.316. The lowest BCUT2D eigenvalue weighted by Crippen LogP contribution is -2.33. The van der Waals surface area contributed by atoms with Crippen LogP contribution in [0.15, 0.2) is 53.4 Å². The first kappa shape index (κ1) is 16.6. The standard InChI is InChI=1S/C19H23NOS/c1-13-10-11-17(12-14(13)2)15(3)20-19(21)16(4)22-18-8-6-5-7-9-18/h5-12,15-16H,1-4H3,(H,20,21)/t15-,16-/m0/s1. The molecule has 3 heteroatoms. The van der Waals surface area contributed by atoms with Gasteiger partial charge < -0.3 is 5.32 Å². The summed E-state index contributed by atoms with van der Waals surface area (Å²) < 4.78 is 0. The quantitative estimate of drug-likeness (QED) is 0.813. The number of carbonyl (C=O) groups excluding carboxylic acids is 1. The Bertz CT molecular complexity index is 639. The fourth-order valence-electron chi connectivity index (χ4n) is 2.20. The van der Waals surface area contributed by atoms with Crippen LogP contribution in [0, 0.1) is 13.8 Å². The molecule has 22 heavy (non-hydrogen) atoms. The number of amides is 1. The summed E-state index contributed by atoms with van der Waals surface area (Å²) in [4.78, 5) is 13.5. The Morgan fingerprint density at radius 2 is 1.68 bits per heavy atom. The summed E-state index contributed by atoms with van der Waals surface area (Å²) in [5.41, 5.74) is 3.67. The van der Waals surface area contributed by atoms with Gasteiger partial charge in [0.2, 0.25) is 5.91 Å². The number of aryl methyl sites for hydroxylation is 2. The molecule has 0 heterocycles. The molecule has 0 aliphatic heterocycles. The third-order valence-corrected chi connectivity index (χ3v) is 4.93. The van der Waals surface area contributed by atoms with E-state index in [0.29, 0.717) is 0 Å². The Balaban J connectivity index is 1.96. The summed E-state index contributed by atoms with van der Waals surface area (Å²) in [6.45, 7) is 8.17. The summed E-state index contributed by atoms with van der Waals surface area (Å²) in [6.07, 6.45) is 0. The van der Waals surface area contributed by atoms with Crippen molar-refractivity contribution < 1.29 is 4.79 Å². The largest absolute Gasteiger partial charge is 0.349 e. The molecule has 0 aliphatic carbocycles. The number of carbonyl (C=O) groups is 1. The zero-order chi connectivity index (χ0) is 16.1. The van der Waals surface area contributed by atoms with Gasteiger partial charge in [-0.1, -0.05) is 36.4 Å². The predicted molar refractivity (Wildman–Crippen MR) is 94.2 cm³/mol. The van der Waals surface area contributed by atoms with Crippen LogP contribution in [-0.2, 0) is 4.79 Å². The lowest BCUT2D eigenvalue weighted by Gasteiger charge is -2.18. The van der Waals surface area contributed by atoms with Gasteiger partial charge in [0.15, 0.2) is 0 Å². The molecule has 0 fully saturated rings. The predicted octanol–water partition coefficient (Wildman–Crippen LogP) is 4.66. The van der Waals surface area contributed by atoms with Crippen molar-refractivity contribution in [3.05, 3.63) is 65.2 Å². The molecule has 2 nitrogen and oxygen atoms in total. The van der Waals surface area contributed by atoms with Crippen LogP contribution < -0.4 is 5.32 Å². The minimum atomic E-state index is -0.114. The average molecular weight is 313 g/mol. The summed E-state index contributed by atoms with van der Waals surface area (Å²) in [6, 6.07) is 16.4. The van der Waals surface area contributed by atoms with Crippen LogP contribution in [0.1, 0.15) is 36.6 Å². The third kappa shape index (κ3) is 4.38. The third-order valence-electron chi connectivity index (χ3n) is 3.82. The Kier molecular flexibility index (Phi) is 5.67. The monoisotopic (exact) mass is 313 g/mol. The van der Waals surface area contributed by atoms with Gasteiger partial charge in [-0.05, 0) is 56.5 Å². The number of rotatable bonds is 5. The van der Waals surface area contributed by atoms with Gasteiger partial charge in [0.1, 0.15) is 0 Å². The average Bonchev–Trinajstić information content (AvgIpc) is 2.50. The minimum absolute atomic E-state index is 0.0191. The molecule has 116 valence electrons. The Morgan fingerprint density at radius 3 is 2.32 bits per heavy atom. The number of thioether (sulfide) groups is 1. The van der Waals surface area contributed by atoms with Gasteiger partial charge in [0, 0.05) is 4.90 Å². The molecule has 1 N–H and O–H groups in total. The van der Waals surface area contributed by atoms with Crippen molar-refractivity contribution in [1.82, 2.24) is 5.32 Å². The molecular weight excluding hydrogens is 290 g/mol. The highest BCUT2D eigenvalue weighted by Crippen LogP contribution is 2.24. The van der Waals surface area contributed by atoms with Crippen molar-refractivity contribution in [3.63, 3.8) is 0 Å². The molecule has 2 rings (SSSR count). The summed E-state index contributed by atoms with van der Waals surface area (Å²) >= 11 is 1.58. The molecule has 0 saturated carbocycles. The first-order valence-electron chi connectivity index (χ1n) is 7.56. The maximum atomic E-state index is 12.4. The molecule has 0 bridgehead atoms. The van der Waals surface area contributed by atoms with Crippen molar-refractivity contribution in [3.8, 4) is 0 Å². The van der Waals surface area contributed by atoms with Crippen molar-refractivity contribution in [2.45, 2.75) is 43.9 Å². The van der Waals surface area contributed by atoms with Crippen LogP contribution >= 0.6 is 11.8 Å². The first-order valence-corrected chi connectivity index (χ1v) is 8.44. The highest BCUT2D eigenvalue weighted by molar-refractivity contribution is 8.00. The smallest absolute Gasteiger partial charge is 0.233 e. The molecule has 0 spiro atoms. The normalized spacial score (nSPS) is 13.5. The zero-order valence-electron chi connectivity index (χ0n) is 13.6. The van der Waals surface area contributed by atoms with Gasteiger partial charge in [0.25, 0.3) is 0 Å². The van der Waals surface area contributed by atoms with E-state index in [2.05, 4.69) is 37.4 Å². The number of hydrogen-bond donors (Lipinski definition) is 1. The van der Waals surface area contributed by atoms with Crippen LogP contribution in [0.4, 0.5) is 0 Å². The Morgan fingerprint density at radius 1 is 1.00 bits per heavy atom. The molecule has 0 aliphatic rings. The second-order valence-corrected chi connectivity index (χ2v) is 7.06. The van der Waals surface area contributed by atoms with Gasteiger partial charge in [-0.25, -0.2) is 0 Å². The number of hydrogen-bond acceptors (Lipinski definition) is 2. The van der Waals surface area contributed by atoms with E-state index in [9.17, 15) is 4.79 Å². The SMILES string of the molecule is Cc1ccc([C@H](C)NC(=O)[C@H](C)Sc2ccccc2)cc1C.